The topological polar surface area (TPSA) is 338 Å². The average Bonchev–Trinajstić information content (AvgIpc) is 0.669. The molecule has 28 heteroatoms. The van der Waals surface area contributed by atoms with Crippen LogP contribution in [0.3, 0.4) is 0 Å². The van der Waals surface area contributed by atoms with E-state index in [0.29, 0.717) is 49.9 Å². The van der Waals surface area contributed by atoms with Crippen molar-refractivity contribution in [2.24, 2.45) is 11.8 Å². The minimum atomic E-state index is -1.46. The second kappa shape index (κ2) is 42.2. The number of hydrogen-bond donors (Lipinski definition) is 2. The van der Waals surface area contributed by atoms with Crippen LogP contribution in [0.4, 0.5) is 11.4 Å². The summed E-state index contributed by atoms with van der Waals surface area (Å²) < 4.78 is 73.2. The van der Waals surface area contributed by atoms with Crippen LogP contribution in [0, 0.1) is 11.8 Å². The van der Waals surface area contributed by atoms with E-state index in [1.165, 1.54) is 49.1 Å². The van der Waals surface area contributed by atoms with Crippen LogP contribution >= 0.6 is 0 Å². The smallest absolute Gasteiger partial charge is 0.330 e. The van der Waals surface area contributed by atoms with Gasteiger partial charge in [-0.15, -0.1) is 0 Å². The molecule has 2 N–H and O–H groups in total. The van der Waals surface area contributed by atoms with Crippen LogP contribution in [0.5, 0.6) is 46.0 Å². The number of amides is 6. The summed E-state index contributed by atoms with van der Waals surface area (Å²) in [6, 6.07) is 37.8. The van der Waals surface area contributed by atoms with Crippen LogP contribution in [-0.2, 0) is 92.3 Å². The highest BCUT2D eigenvalue weighted by molar-refractivity contribution is 6.45. The number of benzene rings is 9. The average molecular weight is 1710 g/mol. The number of esters is 4. The summed E-state index contributed by atoms with van der Waals surface area (Å²) in [4.78, 5) is 155. The fraction of sp³-hybridized carbons (Fsp3) is 0.265. The van der Waals surface area contributed by atoms with Crippen molar-refractivity contribution in [2.45, 2.75) is 78.3 Å². The lowest BCUT2D eigenvalue weighted by atomic mass is 9.80. The second-order valence-electron chi connectivity index (χ2n) is 29.7. The molecule has 2 aliphatic heterocycles. The molecule has 0 aliphatic carbocycles. The standard InChI is InChI=1S/C98H94N6O22/c1-9-59(7)91(93(109)101-65-31-39-99-40-32-65)103-95(111)71-55-75(123-67-23-15-61(16-24-67)35-43-115-47-51-119-79(105)11-3)85-87-77(125-69-27-19-63(20-28-69)37-45-117-49-53-121-81(107)13-5)57-73-84-74(98(114)104(97(73)113)92(60(8)10-2)94(110)102-66-33-41-100-42-34-66)58-78(126-70-29-21-64(22-30-70)38-46-118-50-54-122-82(108)14-6)88(90(84)87)86-76(56-72(96(103)112)83(71)89(85)86)124-68-25-17-62(18-26-68)36-44-116-48-52-120-80(106)12-4/h11-34,39-42,55-60,91-92H,3-6,9-10,35-38,43-54H2,1-2,7-8H3,(H,99,101,109)(H,100,102,110). The van der Waals surface area contributed by atoms with Crippen LogP contribution in [0.2, 0.25) is 0 Å². The SMILES string of the molecule is C=CC(=O)OCCOCCc1ccc(Oc2cc3c4c(cc(Oc5ccc(CCOCCOC(=O)C=C)cc5)c5c6c(Oc7ccc(CCOCCOC(=O)C=C)cc7)cc7c8c(cc(Oc9ccc(CCOCCOC(=O)C=C)cc9)c(c2c45)c86)C(=O)N(C(C(=O)Nc2ccncc2)C(C)CC)C7=O)C(=O)N(C(C(=O)Nc2ccncc2)C(C)CC)C3=O)cc1. The molecule has 6 amide bonds. The molecule has 0 spiro atoms. The number of imide groups is 2. The van der Waals surface area contributed by atoms with Gasteiger partial charge in [-0.3, -0.25) is 48.5 Å². The molecule has 0 saturated heterocycles. The van der Waals surface area contributed by atoms with E-state index < -0.39 is 83.2 Å². The van der Waals surface area contributed by atoms with Crippen molar-refractivity contribution in [1.29, 1.82) is 0 Å². The Hall–Kier alpha value is -14.3. The van der Waals surface area contributed by atoms with Crippen LogP contribution in [0.15, 0.2) is 221 Å². The summed E-state index contributed by atoms with van der Waals surface area (Å²) in [5, 5.41) is 6.99. The number of rotatable bonds is 46. The molecule has 2 aromatic heterocycles. The normalized spacial score (nSPS) is 13.2. The highest BCUT2D eigenvalue weighted by atomic mass is 16.6. The summed E-state index contributed by atoms with van der Waals surface area (Å²) >= 11 is 0. The summed E-state index contributed by atoms with van der Waals surface area (Å²) in [6.45, 7) is 22.5. The van der Waals surface area contributed by atoms with Gasteiger partial charge in [0.15, 0.2) is 0 Å². The number of nitrogens with one attached hydrogen (secondary N) is 2. The zero-order valence-corrected chi connectivity index (χ0v) is 70.1. The lowest BCUT2D eigenvalue weighted by Crippen LogP contribution is -2.55. The number of carbonyl (C=O) groups is 10. The molecule has 0 saturated carbocycles. The molecule has 648 valence electrons. The number of hydrogen-bond acceptors (Lipinski definition) is 24. The van der Waals surface area contributed by atoms with E-state index in [-0.39, 0.29) is 191 Å². The van der Waals surface area contributed by atoms with Gasteiger partial charge in [0.25, 0.3) is 23.6 Å². The molecule has 0 fully saturated rings. The Morgan fingerprint density at radius 1 is 0.333 bits per heavy atom. The van der Waals surface area contributed by atoms with Gasteiger partial charge in [0.2, 0.25) is 11.8 Å². The minimum absolute atomic E-state index is 0.00737. The van der Waals surface area contributed by atoms with Crippen LogP contribution < -0.4 is 29.6 Å². The third-order valence-corrected chi connectivity index (χ3v) is 21.6. The lowest BCUT2D eigenvalue weighted by molar-refractivity contribution is -0.140. The fourth-order valence-corrected chi connectivity index (χ4v) is 15.0. The van der Waals surface area contributed by atoms with E-state index >= 15 is 28.8 Å². The first kappa shape index (κ1) is 89.4. The number of aromatic nitrogens is 2. The van der Waals surface area contributed by atoms with E-state index in [1.807, 2.05) is 62.4 Å². The molecule has 4 unspecified atom stereocenters. The Morgan fingerprint density at radius 3 is 0.794 bits per heavy atom. The number of carbonyl (C=O) groups excluding carboxylic acids is 10. The third-order valence-electron chi connectivity index (χ3n) is 21.6. The number of fused-ring (bicyclic) bond motifs is 2. The van der Waals surface area contributed by atoms with Crippen molar-refractivity contribution in [3.63, 3.8) is 0 Å². The first-order chi connectivity index (χ1) is 61.2. The van der Waals surface area contributed by atoms with Gasteiger partial charge in [0, 0.05) is 104 Å². The van der Waals surface area contributed by atoms with Crippen molar-refractivity contribution in [3.05, 3.63) is 266 Å². The van der Waals surface area contributed by atoms with Crippen LogP contribution in [0.1, 0.15) is 104 Å². The van der Waals surface area contributed by atoms with Crippen molar-refractivity contribution in [1.82, 2.24) is 19.8 Å². The minimum Gasteiger partial charge on any atom is -0.460 e. The summed E-state index contributed by atoms with van der Waals surface area (Å²) in [7, 11) is 0. The maximum atomic E-state index is 16.7. The zero-order valence-electron chi connectivity index (χ0n) is 70.1. The third kappa shape index (κ3) is 20.8. The van der Waals surface area contributed by atoms with Crippen molar-refractivity contribution in [3.8, 4) is 46.0 Å². The van der Waals surface area contributed by atoms with E-state index in [9.17, 15) is 19.2 Å². The van der Waals surface area contributed by atoms with Gasteiger partial charge < -0.3 is 67.5 Å². The van der Waals surface area contributed by atoms with Gasteiger partial charge in [0.05, 0.1) is 75.1 Å². The zero-order chi connectivity index (χ0) is 88.9. The highest BCUT2D eigenvalue weighted by Gasteiger charge is 2.48. The predicted molar refractivity (Wildman–Crippen MR) is 470 cm³/mol. The second-order valence-corrected chi connectivity index (χ2v) is 29.7. The summed E-state index contributed by atoms with van der Waals surface area (Å²) in [5.41, 5.74) is 3.56. The van der Waals surface area contributed by atoms with Gasteiger partial charge in [-0.05, 0) is 157 Å². The first-order valence-corrected chi connectivity index (χ1v) is 41.3. The summed E-state index contributed by atoms with van der Waals surface area (Å²) in [6.07, 6.45) is 12.5. The molecular formula is C98H94N6O22. The quantitative estimate of drug-likeness (QED) is 0.00680. The van der Waals surface area contributed by atoms with Crippen molar-refractivity contribution in [2.75, 3.05) is 89.9 Å². The van der Waals surface area contributed by atoms with Gasteiger partial charge in [-0.25, -0.2) is 19.2 Å². The van der Waals surface area contributed by atoms with Crippen molar-refractivity contribution >= 4 is 114 Å². The van der Waals surface area contributed by atoms with Crippen LogP contribution in [-0.4, -0.2) is 170 Å². The Balaban J connectivity index is 1.09. The predicted octanol–water partition coefficient (Wildman–Crippen LogP) is 16.1. The fourth-order valence-electron chi connectivity index (χ4n) is 15.0. The molecule has 126 heavy (non-hydrogen) atoms. The van der Waals surface area contributed by atoms with E-state index in [2.05, 4.69) is 46.9 Å². The number of anilines is 2. The number of ether oxygens (including phenoxy) is 12. The molecule has 28 nitrogen and oxygen atoms in total. The maximum Gasteiger partial charge on any atom is 0.330 e. The molecule has 4 heterocycles. The maximum absolute atomic E-state index is 16.7. The molecule has 2 aliphatic rings. The number of pyridine rings is 2. The van der Waals surface area contributed by atoms with Gasteiger partial charge in [0.1, 0.15) is 84.5 Å². The Labute approximate surface area is 726 Å². The Bertz CT molecular complexity index is 5260. The molecule has 4 atom stereocenters. The molecule has 0 radical (unpaired) electrons. The lowest BCUT2D eigenvalue weighted by Gasteiger charge is -2.37. The molecule has 11 aromatic rings. The molecule has 9 aromatic carbocycles. The Kier molecular flexibility index (Phi) is 29.9. The molecule has 13 rings (SSSR count). The van der Waals surface area contributed by atoms with E-state index in [0.717, 1.165) is 56.4 Å². The van der Waals surface area contributed by atoms with Crippen LogP contribution in [0.25, 0.3) is 43.1 Å². The van der Waals surface area contributed by atoms with Gasteiger partial charge in [-0.1, -0.05) is 115 Å². The first-order valence-electron chi connectivity index (χ1n) is 41.3. The Morgan fingerprint density at radius 2 is 0.571 bits per heavy atom. The van der Waals surface area contributed by atoms with Crippen molar-refractivity contribution < 1.29 is 105 Å². The number of nitrogens with zero attached hydrogens (tertiary/aromatic N) is 4. The monoisotopic (exact) mass is 1710 g/mol. The largest absolute Gasteiger partial charge is 0.460 e. The summed E-state index contributed by atoms with van der Waals surface area (Å²) in [5.74, 6) is -7.79. The molecular weight excluding hydrogens is 1610 g/mol. The molecule has 0 bridgehead atoms. The van der Waals surface area contributed by atoms with Gasteiger partial charge >= 0.3 is 23.9 Å². The van der Waals surface area contributed by atoms with E-state index in [1.54, 1.807) is 86.6 Å². The van der Waals surface area contributed by atoms with E-state index in [4.69, 9.17) is 56.8 Å². The highest BCUT2D eigenvalue weighted by Crippen LogP contribution is 2.58. The van der Waals surface area contributed by atoms with Gasteiger partial charge in [-0.2, -0.15) is 0 Å².